The lowest BCUT2D eigenvalue weighted by Crippen LogP contribution is -2.05. The highest BCUT2D eigenvalue weighted by molar-refractivity contribution is 9.10. The zero-order valence-corrected chi connectivity index (χ0v) is 10.8. The van der Waals surface area contributed by atoms with E-state index in [1.807, 2.05) is 0 Å². The molecule has 0 saturated heterocycles. The molecule has 0 aliphatic carbocycles. The van der Waals surface area contributed by atoms with E-state index in [4.69, 9.17) is 5.73 Å². The average molecular weight is 298 g/mol. The molecule has 1 aromatic heterocycles. The Bertz CT molecular complexity index is 527. The van der Waals surface area contributed by atoms with Gasteiger partial charge < -0.3 is 10.8 Å². The number of halogens is 1. The average Bonchev–Trinajstić information content (AvgIpc) is 2.63. The number of rotatable bonds is 3. The maximum absolute atomic E-state index is 10.1. The third-order valence-electron chi connectivity index (χ3n) is 2.31. The summed E-state index contributed by atoms with van der Waals surface area (Å²) < 4.78 is 0.772. The fourth-order valence-electron chi connectivity index (χ4n) is 1.50. The molecule has 17 heavy (non-hydrogen) atoms. The summed E-state index contributed by atoms with van der Waals surface area (Å²) in [7, 11) is 1.68. The van der Waals surface area contributed by atoms with Crippen LogP contribution < -0.4 is 5.73 Å². The van der Waals surface area contributed by atoms with Crippen LogP contribution in [-0.2, 0) is 13.5 Å². The standard InChI is InChI=1S/C10H12BrN5O/c1-16-14-10(13-15-16)5-9(17)7-3-2-6(12)4-8(7)11/h2-4,9,17H,5,12H2,1H3. The molecular weight excluding hydrogens is 286 g/mol. The Balaban J connectivity index is 2.17. The van der Waals surface area contributed by atoms with Crippen LogP contribution >= 0.6 is 15.9 Å². The number of hydrogen-bond donors (Lipinski definition) is 2. The highest BCUT2D eigenvalue weighted by Crippen LogP contribution is 2.27. The van der Waals surface area contributed by atoms with E-state index in [2.05, 4.69) is 31.3 Å². The van der Waals surface area contributed by atoms with Gasteiger partial charge in [0.2, 0.25) is 0 Å². The van der Waals surface area contributed by atoms with Gasteiger partial charge in [0.05, 0.1) is 13.2 Å². The maximum atomic E-state index is 10.1. The molecule has 2 aromatic rings. The van der Waals surface area contributed by atoms with Gasteiger partial charge in [0.25, 0.3) is 0 Å². The van der Waals surface area contributed by atoms with E-state index in [0.29, 0.717) is 17.9 Å². The lowest BCUT2D eigenvalue weighted by atomic mass is 10.1. The van der Waals surface area contributed by atoms with Crippen LogP contribution in [0.5, 0.6) is 0 Å². The van der Waals surface area contributed by atoms with E-state index >= 15 is 0 Å². The summed E-state index contributed by atoms with van der Waals surface area (Å²) in [6.45, 7) is 0. The van der Waals surface area contributed by atoms with Gasteiger partial charge in [0.15, 0.2) is 5.82 Å². The Morgan fingerprint density at radius 2 is 2.29 bits per heavy atom. The Morgan fingerprint density at radius 1 is 1.53 bits per heavy atom. The summed E-state index contributed by atoms with van der Waals surface area (Å²) in [5, 5.41) is 21.6. The number of nitrogens with two attached hydrogens (primary N) is 1. The smallest absolute Gasteiger partial charge is 0.177 e. The van der Waals surface area contributed by atoms with E-state index < -0.39 is 6.10 Å². The zero-order valence-electron chi connectivity index (χ0n) is 9.21. The third kappa shape index (κ3) is 2.80. The van der Waals surface area contributed by atoms with Crippen molar-refractivity contribution in [3.8, 4) is 0 Å². The molecule has 1 heterocycles. The number of anilines is 1. The first kappa shape index (κ1) is 12.0. The monoisotopic (exact) mass is 297 g/mol. The van der Waals surface area contributed by atoms with Crippen LogP contribution in [0.1, 0.15) is 17.5 Å². The molecular formula is C10H12BrN5O. The molecule has 1 aromatic carbocycles. The minimum absolute atomic E-state index is 0.316. The molecule has 0 aliphatic rings. The van der Waals surface area contributed by atoms with Crippen molar-refractivity contribution in [1.29, 1.82) is 0 Å². The molecule has 2 rings (SSSR count). The van der Waals surface area contributed by atoms with Crippen molar-refractivity contribution in [3.63, 3.8) is 0 Å². The van der Waals surface area contributed by atoms with Crippen molar-refractivity contribution in [2.24, 2.45) is 7.05 Å². The van der Waals surface area contributed by atoms with Gasteiger partial charge in [-0.05, 0) is 22.9 Å². The van der Waals surface area contributed by atoms with Crippen LogP contribution in [0, 0.1) is 0 Å². The highest BCUT2D eigenvalue weighted by Gasteiger charge is 2.14. The lowest BCUT2D eigenvalue weighted by Gasteiger charge is -2.11. The number of aliphatic hydroxyl groups excluding tert-OH is 1. The quantitative estimate of drug-likeness (QED) is 0.819. The normalized spacial score (nSPS) is 12.6. The van der Waals surface area contributed by atoms with Gasteiger partial charge in [-0.2, -0.15) is 4.80 Å². The predicted molar refractivity (Wildman–Crippen MR) is 66.0 cm³/mol. The fraction of sp³-hybridized carbons (Fsp3) is 0.300. The van der Waals surface area contributed by atoms with Crippen molar-refractivity contribution in [2.45, 2.75) is 12.5 Å². The molecule has 0 spiro atoms. The van der Waals surface area contributed by atoms with Gasteiger partial charge >= 0.3 is 0 Å². The molecule has 0 amide bonds. The summed E-state index contributed by atoms with van der Waals surface area (Å²) in [5.74, 6) is 0.503. The second-order valence-electron chi connectivity index (χ2n) is 3.70. The highest BCUT2D eigenvalue weighted by atomic mass is 79.9. The van der Waals surface area contributed by atoms with Crippen LogP contribution in [0.25, 0.3) is 0 Å². The predicted octanol–water partition coefficient (Wildman–Crippen LogP) is 0.831. The van der Waals surface area contributed by atoms with E-state index in [-0.39, 0.29) is 0 Å². The third-order valence-corrected chi connectivity index (χ3v) is 3.00. The minimum Gasteiger partial charge on any atom is -0.399 e. The van der Waals surface area contributed by atoms with Crippen LogP contribution in [0.4, 0.5) is 5.69 Å². The van der Waals surface area contributed by atoms with Crippen molar-refractivity contribution in [1.82, 2.24) is 20.2 Å². The molecule has 1 unspecified atom stereocenters. The second kappa shape index (κ2) is 4.80. The van der Waals surface area contributed by atoms with E-state index in [1.54, 1.807) is 25.2 Å². The van der Waals surface area contributed by atoms with Crippen molar-refractivity contribution >= 4 is 21.6 Å². The van der Waals surface area contributed by atoms with E-state index in [1.165, 1.54) is 4.80 Å². The van der Waals surface area contributed by atoms with Crippen LogP contribution in [0.3, 0.4) is 0 Å². The first-order chi connectivity index (χ1) is 8.06. The number of benzene rings is 1. The summed E-state index contributed by atoms with van der Waals surface area (Å²) in [4.78, 5) is 1.36. The van der Waals surface area contributed by atoms with Gasteiger partial charge in [-0.15, -0.1) is 10.2 Å². The zero-order chi connectivity index (χ0) is 12.4. The summed E-state index contributed by atoms with van der Waals surface area (Å²) in [5.41, 5.74) is 7.03. The number of hydrogen-bond acceptors (Lipinski definition) is 5. The molecule has 0 aliphatic heterocycles. The van der Waals surface area contributed by atoms with Gasteiger partial charge in [-0.1, -0.05) is 22.0 Å². The Kier molecular flexibility index (Phi) is 3.39. The SMILES string of the molecule is Cn1nnc(CC(O)c2ccc(N)cc2Br)n1. The number of nitrogen functional groups attached to an aromatic ring is 1. The van der Waals surface area contributed by atoms with Crippen LogP contribution in [0.15, 0.2) is 22.7 Å². The number of nitrogens with zero attached hydrogens (tertiary/aromatic N) is 4. The van der Waals surface area contributed by atoms with Crippen LogP contribution in [0.2, 0.25) is 0 Å². The molecule has 1 atom stereocenters. The molecule has 7 heteroatoms. The molecule has 3 N–H and O–H groups in total. The number of tetrazole rings is 1. The molecule has 6 nitrogen and oxygen atoms in total. The number of aryl methyl sites for hydroxylation is 1. The maximum Gasteiger partial charge on any atom is 0.177 e. The molecule has 0 saturated carbocycles. The Hall–Kier alpha value is -1.47. The molecule has 90 valence electrons. The summed E-state index contributed by atoms with van der Waals surface area (Å²) >= 11 is 3.36. The first-order valence-electron chi connectivity index (χ1n) is 5.02. The Morgan fingerprint density at radius 3 is 2.88 bits per heavy atom. The first-order valence-corrected chi connectivity index (χ1v) is 5.81. The van der Waals surface area contributed by atoms with Crippen LogP contribution in [-0.4, -0.2) is 25.3 Å². The summed E-state index contributed by atoms with van der Waals surface area (Å²) in [6.07, 6.45) is -0.370. The second-order valence-corrected chi connectivity index (χ2v) is 4.55. The van der Waals surface area contributed by atoms with Crippen molar-refractivity contribution in [3.05, 3.63) is 34.1 Å². The minimum atomic E-state index is -0.686. The lowest BCUT2D eigenvalue weighted by molar-refractivity contribution is 0.175. The Labute approximate surface area is 107 Å². The van der Waals surface area contributed by atoms with E-state index in [9.17, 15) is 5.11 Å². The van der Waals surface area contributed by atoms with Crippen molar-refractivity contribution in [2.75, 3.05) is 5.73 Å². The topological polar surface area (TPSA) is 89.8 Å². The molecule has 0 radical (unpaired) electrons. The summed E-state index contributed by atoms with van der Waals surface area (Å²) in [6, 6.07) is 5.27. The van der Waals surface area contributed by atoms with Gasteiger partial charge in [0.1, 0.15) is 0 Å². The largest absolute Gasteiger partial charge is 0.399 e. The fourth-order valence-corrected chi connectivity index (χ4v) is 2.16. The number of aliphatic hydroxyl groups is 1. The van der Waals surface area contributed by atoms with Crippen molar-refractivity contribution < 1.29 is 5.11 Å². The molecule has 0 bridgehead atoms. The number of aromatic nitrogens is 4. The van der Waals surface area contributed by atoms with Gasteiger partial charge in [-0.3, -0.25) is 0 Å². The molecule has 0 fully saturated rings. The van der Waals surface area contributed by atoms with Gasteiger partial charge in [-0.25, -0.2) is 0 Å². The van der Waals surface area contributed by atoms with E-state index in [0.717, 1.165) is 10.0 Å². The van der Waals surface area contributed by atoms with Gasteiger partial charge in [0, 0.05) is 16.6 Å².